The van der Waals surface area contributed by atoms with Gasteiger partial charge in [0.25, 0.3) is 5.91 Å². The van der Waals surface area contributed by atoms with E-state index in [1.54, 1.807) is 42.5 Å². The third-order valence-corrected chi connectivity index (χ3v) is 3.30. The third kappa shape index (κ3) is 4.37. The van der Waals surface area contributed by atoms with Crippen LogP contribution >= 0.6 is 11.6 Å². The summed E-state index contributed by atoms with van der Waals surface area (Å²) in [7, 11) is 1.50. The second-order valence-electron chi connectivity index (χ2n) is 4.66. The van der Waals surface area contributed by atoms with Crippen LogP contribution in [0.4, 0.5) is 11.4 Å². The maximum absolute atomic E-state index is 12.1. The molecule has 0 atom stereocenters. The molecule has 0 spiro atoms. The molecule has 0 aliphatic rings. The third-order valence-electron chi connectivity index (χ3n) is 3.07. The Kier molecular flexibility index (Phi) is 5.43. The molecular formula is C16H16ClN3O3. The number of nitrogens with two attached hydrogens (primary N) is 1. The molecule has 120 valence electrons. The van der Waals surface area contributed by atoms with Crippen LogP contribution in [0, 0.1) is 0 Å². The van der Waals surface area contributed by atoms with Gasteiger partial charge in [0.2, 0.25) is 5.91 Å². The van der Waals surface area contributed by atoms with Gasteiger partial charge in [0.1, 0.15) is 5.75 Å². The molecule has 0 bridgehead atoms. The Balaban J connectivity index is 2.04. The summed E-state index contributed by atoms with van der Waals surface area (Å²) in [6.07, 6.45) is 0. The Morgan fingerprint density at radius 1 is 1.17 bits per heavy atom. The number of para-hydroxylation sites is 1. The Morgan fingerprint density at radius 3 is 2.61 bits per heavy atom. The number of anilines is 2. The predicted octanol–water partition coefficient (Wildman–Crippen LogP) is 2.50. The molecular weight excluding hydrogens is 318 g/mol. The highest BCUT2D eigenvalue weighted by atomic mass is 35.5. The van der Waals surface area contributed by atoms with E-state index in [0.29, 0.717) is 27.7 Å². The fraction of sp³-hybridized carbons (Fsp3) is 0.125. The van der Waals surface area contributed by atoms with Crippen molar-refractivity contribution in [3.8, 4) is 5.75 Å². The van der Waals surface area contributed by atoms with Crippen molar-refractivity contribution in [2.45, 2.75) is 0 Å². The first-order chi connectivity index (χ1) is 11.0. The van der Waals surface area contributed by atoms with Crippen LogP contribution in [0.3, 0.4) is 0 Å². The molecule has 0 unspecified atom stereocenters. The highest BCUT2D eigenvalue weighted by Crippen LogP contribution is 2.27. The fourth-order valence-corrected chi connectivity index (χ4v) is 2.17. The standard InChI is InChI=1S/C16H16ClN3O3/c1-23-14-7-6-10(17)8-13(14)20-15(21)9-19-12-5-3-2-4-11(12)16(18)22/h2-8,19H,9H2,1H3,(H2,18,22)(H,20,21). The van der Waals surface area contributed by atoms with Crippen molar-refractivity contribution in [2.24, 2.45) is 5.73 Å². The number of primary amides is 1. The van der Waals surface area contributed by atoms with E-state index in [1.165, 1.54) is 7.11 Å². The zero-order chi connectivity index (χ0) is 16.8. The lowest BCUT2D eigenvalue weighted by atomic mass is 10.1. The summed E-state index contributed by atoms with van der Waals surface area (Å²) in [5.41, 5.74) is 6.57. The van der Waals surface area contributed by atoms with Crippen molar-refractivity contribution in [1.29, 1.82) is 0 Å². The Bertz CT molecular complexity index is 734. The first kappa shape index (κ1) is 16.6. The highest BCUT2D eigenvalue weighted by Gasteiger charge is 2.11. The molecule has 0 radical (unpaired) electrons. The van der Waals surface area contributed by atoms with Crippen molar-refractivity contribution in [1.82, 2.24) is 0 Å². The van der Waals surface area contributed by atoms with Gasteiger partial charge in [-0.15, -0.1) is 0 Å². The van der Waals surface area contributed by atoms with E-state index in [4.69, 9.17) is 22.1 Å². The summed E-state index contributed by atoms with van der Waals surface area (Å²) in [5.74, 6) is -0.379. The lowest BCUT2D eigenvalue weighted by Gasteiger charge is -2.12. The molecule has 23 heavy (non-hydrogen) atoms. The monoisotopic (exact) mass is 333 g/mol. The van der Waals surface area contributed by atoms with Crippen LogP contribution in [0.1, 0.15) is 10.4 Å². The molecule has 2 aromatic rings. The summed E-state index contributed by atoms with van der Waals surface area (Å²) in [5, 5.41) is 6.05. The summed E-state index contributed by atoms with van der Waals surface area (Å²) < 4.78 is 5.16. The highest BCUT2D eigenvalue weighted by molar-refractivity contribution is 6.31. The molecule has 2 rings (SSSR count). The lowest BCUT2D eigenvalue weighted by Crippen LogP contribution is -2.23. The van der Waals surface area contributed by atoms with Gasteiger partial charge in [0, 0.05) is 10.7 Å². The summed E-state index contributed by atoms with van der Waals surface area (Å²) in [4.78, 5) is 23.4. The maximum atomic E-state index is 12.1. The predicted molar refractivity (Wildman–Crippen MR) is 90.1 cm³/mol. The van der Waals surface area contributed by atoms with Crippen molar-refractivity contribution < 1.29 is 14.3 Å². The van der Waals surface area contributed by atoms with Crippen molar-refractivity contribution in [3.63, 3.8) is 0 Å². The molecule has 0 fully saturated rings. The van der Waals surface area contributed by atoms with E-state index < -0.39 is 5.91 Å². The van der Waals surface area contributed by atoms with Gasteiger partial charge in [-0.25, -0.2) is 0 Å². The first-order valence-corrected chi connectivity index (χ1v) is 7.15. The number of hydrogen-bond donors (Lipinski definition) is 3. The first-order valence-electron chi connectivity index (χ1n) is 6.77. The van der Waals surface area contributed by atoms with Gasteiger partial charge in [-0.05, 0) is 30.3 Å². The number of carbonyl (C=O) groups is 2. The van der Waals surface area contributed by atoms with Gasteiger partial charge < -0.3 is 21.1 Å². The molecule has 0 heterocycles. The van der Waals surface area contributed by atoms with Gasteiger partial charge in [0.15, 0.2) is 0 Å². The minimum absolute atomic E-state index is 0.0417. The maximum Gasteiger partial charge on any atom is 0.250 e. The second-order valence-corrected chi connectivity index (χ2v) is 5.09. The number of carbonyl (C=O) groups excluding carboxylic acids is 2. The number of methoxy groups -OCH3 is 1. The molecule has 0 saturated heterocycles. The van der Waals surface area contributed by atoms with Gasteiger partial charge >= 0.3 is 0 Å². The number of hydrogen-bond acceptors (Lipinski definition) is 4. The number of nitrogens with one attached hydrogen (secondary N) is 2. The largest absolute Gasteiger partial charge is 0.495 e. The molecule has 0 aliphatic heterocycles. The smallest absolute Gasteiger partial charge is 0.250 e. The molecule has 7 heteroatoms. The molecule has 2 amide bonds. The summed E-state index contributed by atoms with van der Waals surface area (Å²) in [6.45, 7) is -0.0417. The normalized spacial score (nSPS) is 10.0. The SMILES string of the molecule is COc1ccc(Cl)cc1NC(=O)CNc1ccccc1C(N)=O. The van der Waals surface area contributed by atoms with Gasteiger partial charge in [-0.3, -0.25) is 9.59 Å². The second kappa shape index (κ2) is 7.51. The van der Waals surface area contributed by atoms with E-state index in [9.17, 15) is 9.59 Å². The molecule has 0 aromatic heterocycles. The summed E-state index contributed by atoms with van der Waals surface area (Å²) in [6, 6.07) is 11.6. The molecule has 6 nitrogen and oxygen atoms in total. The van der Waals surface area contributed by atoms with E-state index >= 15 is 0 Å². The molecule has 2 aromatic carbocycles. The number of rotatable bonds is 6. The fourth-order valence-electron chi connectivity index (χ4n) is 2.00. The number of benzene rings is 2. The van der Waals surface area contributed by atoms with Crippen LogP contribution in [-0.2, 0) is 4.79 Å². The average Bonchev–Trinajstić information content (AvgIpc) is 2.53. The molecule has 4 N–H and O–H groups in total. The van der Waals surface area contributed by atoms with Gasteiger partial charge in [0.05, 0.1) is 24.9 Å². The number of halogens is 1. The minimum Gasteiger partial charge on any atom is -0.495 e. The van der Waals surface area contributed by atoms with E-state index in [-0.39, 0.29) is 12.5 Å². The van der Waals surface area contributed by atoms with Crippen molar-refractivity contribution >= 4 is 34.8 Å². The van der Waals surface area contributed by atoms with Gasteiger partial charge in [-0.1, -0.05) is 23.7 Å². The molecule has 0 saturated carbocycles. The van der Waals surface area contributed by atoms with Crippen LogP contribution in [0.25, 0.3) is 0 Å². The van der Waals surface area contributed by atoms with Gasteiger partial charge in [-0.2, -0.15) is 0 Å². The van der Waals surface area contributed by atoms with E-state index in [1.807, 2.05) is 0 Å². The lowest BCUT2D eigenvalue weighted by molar-refractivity contribution is -0.114. The topological polar surface area (TPSA) is 93.4 Å². The van der Waals surface area contributed by atoms with E-state index in [2.05, 4.69) is 10.6 Å². The Morgan fingerprint density at radius 2 is 1.91 bits per heavy atom. The Hall–Kier alpha value is -2.73. The van der Waals surface area contributed by atoms with Crippen LogP contribution in [0.5, 0.6) is 5.75 Å². The zero-order valence-corrected chi connectivity index (χ0v) is 13.2. The van der Waals surface area contributed by atoms with Crippen LogP contribution < -0.4 is 21.1 Å². The zero-order valence-electron chi connectivity index (χ0n) is 12.4. The number of ether oxygens (including phenoxy) is 1. The minimum atomic E-state index is -0.565. The van der Waals surface area contributed by atoms with Crippen LogP contribution in [0.15, 0.2) is 42.5 Å². The van der Waals surface area contributed by atoms with Crippen molar-refractivity contribution in [3.05, 3.63) is 53.1 Å². The Labute approximate surface area is 138 Å². The number of amides is 2. The van der Waals surface area contributed by atoms with Crippen molar-refractivity contribution in [2.75, 3.05) is 24.3 Å². The van der Waals surface area contributed by atoms with E-state index in [0.717, 1.165) is 0 Å². The van der Waals surface area contributed by atoms with Crippen LogP contribution in [0.2, 0.25) is 5.02 Å². The van der Waals surface area contributed by atoms with Crippen LogP contribution in [-0.4, -0.2) is 25.5 Å². The molecule has 0 aliphatic carbocycles. The quantitative estimate of drug-likeness (QED) is 0.757. The summed E-state index contributed by atoms with van der Waals surface area (Å²) >= 11 is 5.91. The average molecular weight is 334 g/mol.